The highest BCUT2D eigenvalue weighted by atomic mass is 35.5. The van der Waals surface area contributed by atoms with Gasteiger partial charge < -0.3 is 20.9 Å². The van der Waals surface area contributed by atoms with E-state index >= 15 is 0 Å². The van der Waals surface area contributed by atoms with Crippen LogP contribution in [-0.2, 0) is 0 Å². The Kier molecular flexibility index (Phi) is 4.57. The molecule has 1 saturated heterocycles. The third kappa shape index (κ3) is 3.08. The van der Waals surface area contributed by atoms with Crippen LogP contribution in [0.2, 0.25) is 10.0 Å². The molecule has 1 aliphatic heterocycles. The van der Waals surface area contributed by atoms with Crippen LogP contribution in [0.1, 0.15) is 0 Å². The van der Waals surface area contributed by atoms with Gasteiger partial charge in [0.2, 0.25) is 0 Å². The van der Waals surface area contributed by atoms with Gasteiger partial charge in [0.25, 0.3) is 0 Å². The zero-order valence-corrected chi connectivity index (χ0v) is 12.7. The van der Waals surface area contributed by atoms with Crippen LogP contribution in [0.15, 0.2) is 17.1 Å². The van der Waals surface area contributed by atoms with E-state index in [9.17, 15) is 0 Å². The molecule has 0 aliphatic carbocycles. The smallest absolute Gasteiger partial charge is 0.196 e. The Balaban J connectivity index is 2.33. The molecule has 0 amide bonds. The lowest BCUT2D eigenvalue weighted by Gasteiger charge is -2.20. The summed E-state index contributed by atoms with van der Waals surface area (Å²) in [5.41, 5.74) is 1.23. The predicted octanol–water partition coefficient (Wildman–Crippen LogP) is 1.76. The lowest BCUT2D eigenvalue weighted by Crippen LogP contribution is -2.35. The van der Waals surface area contributed by atoms with Crippen molar-refractivity contribution in [2.24, 2.45) is 4.99 Å². The van der Waals surface area contributed by atoms with Crippen LogP contribution in [0.4, 0.5) is 11.4 Å². The van der Waals surface area contributed by atoms with E-state index in [1.807, 2.05) is 0 Å². The molecule has 0 atom stereocenters. The van der Waals surface area contributed by atoms with E-state index in [0.29, 0.717) is 21.7 Å². The first kappa shape index (κ1) is 14.7. The molecule has 108 valence electrons. The molecular formula is C12H16Cl2N6. The van der Waals surface area contributed by atoms with Crippen molar-refractivity contribution in [2.45, 2.75) is 0 Å². The number of nitrogens with one attached hydrogen (secondary N) is 4. The summed E-state index contributed by atoms with van der Waals surface area (Å²) < 4.78 is 0. The van der Waals surface area contributed by atoms with E-state index < -0.39 is 0 Å². The second-order valence-corrected chi connectivity index (χ2v) is 5.04. The second kappa shape index (κ2) is 6.19. The third-order valence-electron chi connectivity index (χ3n) is 2.89. The molecule has 1 aromatic rings. The maximum atomic E-state index is 7.74. The molecule has 1 aliphatic rings. The number of halogens is 2. The lowest BCUT2D eigenvalue weighted by atomic mass is 10.2. The summed E-state index contributed by atoms with van der Waals surface area (Å²) in [7, 11) is 3.44. The number of aliphatic imine (C=N–C) groups is 1. The van der Waals surface area contributed by atoms with Crippen molar-refractivity contribution in [3.63, 3.8) is 0 Å². The predicted molar refractivity (Wildman–Crippen MR) is 84.8 cm³/mol. The Labute approximate surface area is 127 Å². The van der Waals surface area contributed by atoms with Gasteiger partial charge >= 0.3 is 0 Å². The summed E-state index contributed by atoms with van der Waals surface area (Å²) >= 11 is 12.5. The molecule has 8 heteroatoms. The number of hydrogen-bond acceptors (Lipinski definition) is 2. The molecule has 0 radical (unpaired) electrons. The van der Waals surface area contributed by atoms with Crippen LogP contribution in [0.25, 0.3) is 0 Å². The van der Waals surface area contributed by atoms with Gasteiger partial charge in [-0.3, -0.25) is 5.41 Å². The molecule has 6 nitrogen and oxygen atoms in total. The van der Waals surface area contributed by atoms with E-state index in [1.165, 1.54) is 0 Å². The molecule has 1 fully saturated rings. The molecule has 0 unspecified atom stereocenters. The maximum absolute atomic E-state index is 7.74. The average Bonchev–Trinajstić information content (AvgIpc) is 2.93. The van der Waals surface area contributed by atoms with Crippen LogP contribution in [0.5, 0.6) is 0 Å². The first-order valence-corrected chi connectivity index (χ1v) is 6.84. The van der Waals surface area contributed by atoms with Crippen LogP contribution in [-0.4, -0.2) is 39.1 Å². The summed E-state index contributed by atoms with van der Waals surface area (Å²) in [6.45, 7) is 1.66. The van der Waals surface area contributed by atoms with E-state index in [0.717, 1.165) is 18.8 Å². The van der Waals surface area contributed by atoms with E-state index in [-0.39, 0.29) is 5.96 Å². The molecule has 0 bridgehead atoms. The minimum absolute atomic E-state index is 0.246. The van der Waals surface area contributed by atoms with E-state index in [4.69, 9.17) is 28.6 Å². The largest absolute Gasteiger partial charge is 0.359 e. The van der Waals surface area contributed by atoms with Crippen LogP contribution in [0, 0.1) is 5.41 Å². The molecular weight excluding hydrogens is 299 g/mol. The highest BCUT2D eigenvalue weighted by Crippen LogP contribution is 2.37. The molecule has 0 saturated carbocycles. The fourth-order valence-electron chi connectivity index (χ4n) is 1.76. The van der Waals surface area contributed by atoms with E-state index in [2.05, 4.69) is 20.9 Å². The van der Waals surface area contributed by atoms with Gasteiger partial charge in [-0.05, 0) is 12.1 Å². The van der Waals surface area contributed by atoms with Gasteiger partial charge in [-0.25, -0.2) is 4.99 Å². The van der Waals surface area contributed by atoms with E-state index in [1.54, 1.807) is 31.1 Å². The molecule has 0 aromatic heterocycles. The summed E-state index contributed by atoms with van der Waals surface area (Å²) in [5, 5.41) is 17.5. The Morgan fingerprint density at radius 3 is 2.35 bits per heavy atom. The number of guanidine groups is 2. The van der Waals surface area contributed by atoms with Gasteiger partial charge in [0.1, 0.15) is 5.69 Å². The van der Waals surface area contributed by atoms with Gasteiger partial charge in [-0.1, -0.05) is 23.2 Å². The second-order valence-electron chi connectivity index (χ2n) is 4.23. The summed E-state index contributed by atoms with van der Waals surface area (Å²) in [6.07, 6.45) is 0. The summed E-state index contributed by atoms with van der Waals surface area (Å²) in [5.74, 6) is 0.910. The Bertz CT molecular complexity index is 526. The molecule has 20 heavy (non-hydrogen) atoms. The summed E-state index contributed by atoms with van der Waals surface area (Å²) in [4.78, 5) is 6.00. The zero-order valence-electron chi connectivity index (χ0n) is 11.2. The Morgan fingerprint density at radius 1 is 1.30 bits per heavy atom. The first-order chi connectivity index (χ1) is 9.52. The molecule has 2 rings (SSSR count). The average molecular weight is 315 g/mol. The molecule has 1 aromatic carbocycles. The van der Waals surface area contributed by atoms with Crippen molar-refractivity contribution in [1.29, 1.82) is 5.41 Å². The Hall–Kier alpha value is -1.66. The monoisotopic (exact) mass is 314 g/mol. The van der Waals surface area contributed by atoms with Crippen molar-refractivity contribution in [3.05, 3.63) is 22.2 Å². The highest BCUT2D eigenvalue weighted by Gasteiger charge is 2.14. The first-order valence-electron chi connectivity index (χ1n) is 6.08. The quantitative estimate of drug-likeness (QED) is 0.496. The summed E-state index contributed by atoms with van der Waals surface area (Å²) in [6, 6.07) is 3.46. The minimum Gasteiger partial charge on any atom is -0.359 e. The third-order valence-corrected chi connectivity index (χ3v) is 3.47. The zero-order chi connectivity index (χ0) is 14.7. The molecule has 1 heterocycles. The number of nitrogens with zero attached hydrogens (tertiary/aromatic N) is 2. The van der Waals surface area contributed by atoms with Crippen molar-refractivity contribution in [3.8, 4) is 0 Å². The van der Waals surface area contributed by atoms with Crippen LogP contribution < -0.4 is 20.9 Å². The fraction of sp³-hybridized carbons (Fsp3) is 0.333. The number of hydrogen-bond donors (Lipinski definition) is 4. The van der Waals surface area contributed by atoms with Gasteiger partial charge in [-0.15, -0.1) is 0 Å². The topological polar surface area (TPSA) is 75.5 Å². The number of benzene rings is 1. The molecule has 0 spiro atoms. The minimum atomic E-state index is 0.246. The maximum Gasteiger partial charge on any atom is 0.196 e. The SMILES string of the molecule is CNC(=N)N(C)c1cc(Cl)c(N=C2NCCN2)c(Cl)c1. The Morgan fingerprint density at radius 2 is 1.85 bits per heavy atom. The van der Waals surface area contributed by atoms with Crippen molar-refractivity contribution < 1.29 is 0 Å². The fourth-order valence-corrected chi connectivity index (χ4v) is 2.32. The van der Waals surface area contributed by atoms with Crippen LogP contribution >= 0.6 is 23.2 Å². The standard InChI is InChI=1S/C12H16Cl2N6/c1-16-11(15)20(2)7-5-8(13)10(9(14)6-7)19-12-17-3-4-18-12/h5-6H,3-4H2,1-2H3,(H2,15,16)(H2,17,18,19). The van der Waals surface area contributed by atoms with Gasteiger partial charge in [0.05, 0.1) is 10.0 Å². The molecule has 4 N–H and O–H groups in total. The number of anilines is 1. The van der Waals surface area contributed by atoms with Crippen molar-refractivity contribution in [1.82, 2.24) is 16.0 Å². The van der Waals surface area contributed by atoms with Gasteiger partial charge in [0.15, 0.2) is 11.9 Å². The number of rotatable bonds is 2. The highest BCUT2D eigenvalue weighted by molar-refractivity contribution is 6.39. The van der Waals surface area contributed by atoms with Crippen molar-refractivity contribution in [2.75, 3.05) is 32.1 Å². The van der Waals surface area contributed by atoms with Gasteiger partial charge in [0, 0.05) is 32.9 Å². The lowest BCUT2D eigenvalue weighted by molar-refractivity contribution is 0.942. The van der Waals surface area contributed by atoms with Crippen LogP contribution in [0.3, 0.4) is 0 Å². The normalized spacial score (nSPS) is 13.5. The van der Waals surface area contributed by atoms with Gasteiger partial charge in [-0.2, -0.15) is 0 Å². The van der Waals surface area contributed by atoms with Crippen molar-refractivity contribution >= 4 is 46.5 Å².